The average Bonchev–Trinajstić information content (AvgIpc) is 2.92. The van der Waals surface area contributed by atoms with Crippen LogP contribution in [0.25, 0.3) is 0 Å². The van der Waals surface area contributed by atoms with Crippen LogP contribution < -0.4 is 5.73 Å². The van der Waals surface area contributed by atoms with Crippen molar-refractivity contribution in [3.05, 3.63) is 59.3 Å². The molecule has 0 aliphatic rings. The molecule has 1 aromatic heterocycles. The summed E-state index contributed by atoms with van der Waals surface area (Å²) in [4.78, 5) is 2.12. The van der Waals surface area contributed by atoms with Crippen LogP contribution in [0.1, 0.15) is 16.7 Å². The Morgan fingerprint density at radius 2 is 2.05 bits per heavy atom. The molecule has 2 aromatic rings. The van der Waals surface area contributed by atoms with E-state index in [1.54, 1.807) is 24.7 Å². The molecule has 0 aliphatic heterocycles. The predicted octanol–water partition coefficient (Wildman–Crippen LogP) is 2.36. The van der Waals surface area contributed by atoms with Crippen LogP contribution in [0.4, 0.5) is 4.39 Å². The lowest BCUT2D eigenvalue weighted by Crippen LogP contribution is -2.17. The Bertz CT molecular complexity index is 611. The van der Waals surface area contributed by atoms with Gasteiger partial charge in [-0.3, -0.25) is 4.90 Å². The van der Waals surface area contributed by atoms with Gasteiger partial charge in [-0.25, -0.2) is 4.39 Å². The molecular weight excluding hydrogens is 255 g/mol. The molecule has 2 N–H and O–H groups in total. The zero-order chi connectivity index (χ0) is 14.4. The number of hydrogen-bond donors (Lipinski definition) is 1. The molecule has 20 heavy (non-hydrogen) atoms. The zero-order valence-electron chi connectivity index (χ0n) is 11.4. The summed E-state index contributed by atoms with van der Waals surface area (Å²) in [5, 5.41) is 0. The summed E-state index contributed by atoms with van der Waals surface area (Å²) in [6, 6.07) is 6.92. The topological polar surface area (TPSA) is 42.4 Å². The maximum Gasteiger partial charge on any atom is 0.138 e. The van der Waals surface area contributed by atoms with Crippen LogP contribution in [0.3, 0.4) is 0 Å². The van der Waals surface area contributed by atoms with Gasteiger partial charge in [0, 0.05) is 18.7 Å². The van der Waals surface area contributed by atoms with Gasteiger partial charge >= 0.3 is 0 Å². The fraction of sp³-hybridized carbons (Fsp3) is 0.250. The summed E-state index contributed by atoms with van der Waals surface area (Å²) in [5.41, 5.74) is 7.82. The van der Waals surface area contributed by atoms with Crippen molar-refractivity contribution >= 4 is 0 Å². The van der Waals surface area contributed by atoms with Crippen LogP contribution in [0.2, 0.25) is 0 Å². The van der Waals surface area contributed by atoms with Crippen LogP contribution in [0.15, 0.2) is 41.2 Å². The second-order valence-electron chi connectivity index (χ2n) is 4.62. The largest absolute Gasteiger partial charge is 0.472 e. The number of hydrogen-bond acceptors (Lipinski definition) is 3. The number of rotatable bonds is 4. The Morgan fingerprint density at radius 3 is 2.75 bits per heavy atom. The lowest BCUT2D eigenvalue weighted by atomic mass is 10.1. The van der Waals surface area contributed by atoms with E-state index in [1.165, 1.54) is 6.07 Å². The summed E-state index contributed by atoms with van der Waals surface area (Å²) in [6.07, 6.45) is 3.38. The number of furan rings is 1. The minimum absolute atomic E-state index is 0.226. The van der Waals surface area contributed by atoms with Crippen LogP contribution >= 0.6 is 0 Å². The van der Waals surface area contributed by atoms with E-state index in [-0.39, 0.29) is 12.4 Å². The quantitative estimate of drug-likeness (QED) is 0.869. The van der Waals surface area contributed by atoms with Gasteiger partial charge in [-0.2, -0.15) is 0 Å². The molecule has 0 bridgehead atoms. The highest BCUT2D eigenvalue weighted by atomic mass is 19.1. The van der Waals surface area contributed by atoms with E-state index in [0.717, 1.165) is 17.7 Å². The van der Waals surface area contributed by atoms with Crippen molar-refractivity contribution < 1.29 is 8.81 Å². The van der Waals surface area contributed by atoms with Gasteiger partial charge in [-0.15, -0.1) is 0 Å². The Kier molecular flexibility index (Phi) is 4.94. The van der Waals surface area contributed by atoms with Crippen LogP contribution in [0, 0.1) is 17.7 Å². The highest BCUT2D eigenvalue weighted by Gasteiger charge is 2.05. The molecule has 0 radical (unpaired) electrons. The Morgan fingerprint density at radius 1 is 1.25 bits per heavy atom. The van der Waals surface area contributed by atoms with E-state index in [4.69, 9.17) is 10.2 Å². The molecular formula is C16H17FN2O. The highest BCUT2D eigenvalue weighted by molar-refractivity contribution is 5.38. The molecule has 0 spiro atoms. The maximum absolute atomic E-state index is 13.6. The Hall–Kier alpha value is -2.09. The van der Waals surface area contributed by atoms with Crippen LogP contribution in [0.5, 0.6) is 0 Å². The first-order valence-electron chi connectivity index (χ1n) is 6.36. The normalized spacial score (nSPS) is 10.4. The third-order valence-corrected chi connectivity index (χ3v) is 2.84. The summed E-state index contributed by atoms with van der Waals surface area (Å²) in [6.45, 7) is 1.71. The fourth-order valence-electron chi connectivity index (χ4n) is 1.97. The van der Waals surface area contributed by atoms with E-state index in [2.05, 4.69) is 16.7 Å². The molecule has 0 saturated carbocycles. The van der Waals surface area contributed by atoms with E-state index < -0.39 is 0 Å². The summed E-state index contributed by atoms with van der Waals surface area (Å²) in [7, 11) is 2.00. The first-order chi connectivity index (χ1) is 9.69. The fourth-order valence-corrected chi connectivity index (χ4v) is 1.97. The SMILES string of the molecule is CN(Cc1ccoc1)Cc1ccc(F)c(C#CCN)c1. The summed E-state index contributed by atoms with van der Waals surface area (Å²) < 4.78 is 18.6. The molecule has 4 heteroatoms. The minimum atomic E-state index is -0.313. The third kappa shape index (κ3) is 3.95. The minimum Gasteiger partial charge on any atom is -0.472 e. The van der Waals surface area contributed by atoms with Gasteiger partial charge in [-0.1, -0.05) is 17.9 Å². The Labute approximate surface area is 118 Å². The predicted molar refractivity (Wildman–Crippen MR) is 76.2 cm³/mol. The molecule has 0 saturated heterocycles. The molecule has 3 nitrogen and oxygen atoms in total. The molecule has 0 aliphatic carbocycles. The van der Waals surface area contributed by atoms with Gasteiger partial charge in [0.15, 0.2) is 0 Å². The van der Waals surface area contributed by atoms with Gasteiger partial charge in [0.1, 0.15) is 5.82 Å². The molecule has 0 unspecified atom stereocenters. The number of nitrogens with two attached hydrogens (primary N) is 1. The van der Waals surface area contributed by atoms with E-state index in [9.17, 15) is 4.39 Å². The van der Waals surface area contributed by atoms with Crippen molar-refractivity contribution in [2.24, 2.45) is 5.73 Å². The monoisotopic (exact) mass is 272 g/mol. The van der Waals surface area contributed by atoms with Crippen molar-refractivity contribution in [2.45, 2.75) is 13.1 Å². The summed E-state index contributed by atoms with van der Waals surface area (Å²) >= 11 is 0. The van der Waals surface area contributed by atoms with Gasteiger partial charge in [0.2, 0.25) is 0 Å². The number of benzene rings is 1. The number of halogens is 1. The van der Waals surface area contributed by atoms with Crippen LogP contribution in [-0.4, -0.2) is 18.5 Å². The van der Waals surface area contributed by atoms with Crippen molar-refractivity contribution in [2.75, 3.05) is 13.6 Å². The molecule has 2 rings (SSSR count). The second-order valence-corrected chi connectivity index (χ2v) is 4.62. The highest BCUT2D eigenvalue weighted by Crippen LogP contribution is 2.13. The van der Waals surface area contributed by atoms with Crippen molar-refractivity contribution in [1.82, 2.24) is 4.90 Å². The molecule has 1 heterocycles. The van der Waals surface area contributed by atoms with E-state index >= 15 is 0 Å². The van der Waals surface area contributed by atoms with Crippen molar-refractivity contribution in [3.63, 3.8) is 0 Å². The van der Waals surface area contributed by atoms with Gasteiger partial charge in [-0.05, 0) is 30.8 Å². The van der Waals surface area contributed by atoms with Crippen molar-refractivity contribution in [1.29, 1.82) is 0 Å². The lowest BCUT2D eigenvalue weighted by Gasteiger charge is -2.15. The van der Waals surface area contributed by atoms with Crippen molar-refractivity contribution in [3.8, 4) is 11.8 Å². The van der Waals surface area contributed by atoms with Gasteiger partial charge in [0.05, 0.1) is 24.6 Å². The van der Waals surface area contributed by atoms with Gasteiger partial charge in [0.25, 0.3) is 0 Å². The zero-order valence-corrected chi connectivity index (χ0v) is 11.4. The molecule has 0 amide bonds. The average molecular weight is 272 g/mol. The maximum atomic E-state index is 13.6. The van der Waals surface area contributed by atoms with Gasteiger partial charge < -0.3 is 10.2 Å². The first-order valence-corrected chi connectivity index (χ1v) is 6.36. The summed E-state index contributed by atoms with van der Waals surface area (Å²) in [5.74, 6) is 5.11. The van der Waals surface area contributed by atoms with E-state index in [0.29, 0.717) is 12.1 Å². The lowest BCUT2D eigenvalue weighted by molar-refractivity contribution is 0.317. The number of nitrogens with zero attached hydrogens (tertiary/aromatic N) is 1. The standard InChI is InChI=1S/C16H17FN2O/c1-19(11-14-6-8-20-12-14)10-13-4-5-16(17)15(9-13)3-2-7-18/h4-6,8-9,12H,7,10-11,18H2,1H3. The second kappa shape index (κ2) is 6.90. The third-order valence-electron chi connectivity index (χ3n) is 2.84. The smallest absolute Gasteiger partial charge is 0.138 e. The molecule has 0 atom stereocenters. The molecule has 104 valence electrons. The molecule has 0 fully saturated rings. The first kappa shape index (κ1) is 14.3. The van der Waals surface area contributed by atoms with E-state index in [1.807, 2.05) is 13.1 Å². The molecule has 1 aromatic carbocycles. The Balaban J connectivity index is 2.05. The van der Waals surface area contributed by atoms with Crippen LogP contribution in [-0.2, 0) is 13.1 Å².